The minimum absolute atomic E-state index is 0.328. The quantitative estimate of drug-likeness (QED) is 0.775. The Balaban J connectivity index is 1.97. The molecule has 0 unspecified atom stereocenters. The Morgan fingerprint density at radius 1 is 1.05 bits per heavy atom. The molecule has 0 aliphatic carbocycles. The lowest BCUT2D eigenvalue weighted by molar-refractivity contribution is 0.0696. The van der Waals surface area contributed by atoms with Gasteiger partial charge in [0.25, 0.3) is 0 Å². The van der Waals surface area contributed by atoms with Gasteiger partial charge in [-0.25, -0.2) is 4.79 Å². The first-order valence-electron chi connectivity index (χ1n) is 6.10. The van der Waals surface area contributed by atoms with E-state index in [0.29, 0.717) is 12.1 Å². The summed E-state index contributed by atoms with van der Waals surface area (Å²) >= 11 is 0. The van der Waals surface area contributed by atoms with Gasteiger partial charge in [-0.3, -0.25) is 0 Å². The first-order valence-corrected chi connectivity index (χ1v) is 6.10. The van der Waals surface area contributed by atoms with E-state index in [1.54, 1.807) is 18.2 Å². The van der Waals surface area contributed by atoms with Crippen LogP contribution in [0.5, 0.6) is 0 Å². The Labute approximate surface area is 110 Å². The predicted molar refractivity (Wildman–Crippen MR) is 74.4 cm³/mol. The van der Waals surface area contributed by atoms with Crippen LogP contribution in [0, 0.1) is 0 Å². The van der Waals surface area contributed by atoms with Crippen molar-refractivity contribution in [2.24, 2.45) is 0 Å². The van der Waals surface area contributed by atoms with Crippen molar-refractivity contribution in [1.29, 1.82) is 0 Å². The van der Waals surface area contributed by atoms with Gasteiger partial charge in [0, 0.05) is 18.3 Å². The van der Waals surface area contributed by atoms with Gasteiger partial charge in [0.2, 0.25) is 0 Å². The lowest BCUT2D eigenvalue weighted by atomic mass is 10.1. The molecule has 0 radical (unpaired) electrons. The summed E-state index contributed by atoms with van der Waals surface area (Å²) in [5, 5.41) is 10.2. The fourth-order valence-corrected chi connectivity index (χ4v) is 2.28. The van der Waals surface area contributed by atoms with E-state index in [1.165, 1.54) is 5.39 Å². The lowest BCUT2D eigenvalue weighted by Gasteiger charge is -2.06. The van der Waals surface area contributed by atoms with Crippen LogP contribution in [0.25, 0.3) is 10.9 Å². The minimum Gasteiger partial charge on any atom is -0.478 e. The van der Waals surface area contributed by atoms with Crippen molar-refractivity contribution in [1.82, 2.24) is 4.57 Å². The highest BCUT2D eigenvalue weighted by atomic mass is 16.4. The van der Waals surface area contributed by atoms with Crippen molar-refractivity contribution in [3.8, 4) is 0 Å². The summed E-state index contributed by atoms with van der Waals surface area (Å²) in [6.07, 6.45) is 2.03. The zero-order valence-corrected chi connectivity index (χ0v) is 10.3. The number of hydrogen-bond donors (Lipinski definition) is 1. The topological polar surface area (TPSA) is 42.2 Å². The fourth-order valence-electron chi connectivity index (χ4n) is 2.28. The number of fused-ring (bicyclic) bond motifs is 1. The maximum Gasteiger partial charge on any atom is 0.335 e. The normalized spacial score (nSPS) is 10.7. The van der Waals surface area contributed by atoms with Gasteiger partial charge in [0.15, 0.2) is 0 Å². The third kappa shape index (κ3) is 2.22. The summed E-state index contributed by atoms with van der Waals surface area (Å²) in [7, 11) is 0. The van der Waals surface area contributed by atoms with Crippen LogP contribution in [0.4, 0.5) is 0 Å². The Morgan fingerprint density at radius 2 is 1.89 bits per heavy atom. The average molecular weight is 251 g/mol. The predicted octanol–water partition coefficient (Wildman–Crippen LogP) is 3.39. The summed E-state index contributed by atoms with van der Waals surface area (Å²) < 4.78 is 2.12. The van der Waals surface area contributed by atoms with E-state index in [1.807, 2.05) is 24.4 Å². The number of carboxylic acids is 1. The van der Waals surface area contributed by atoms with Gasteiger partial charge in [0.1, 0.15) is 0 Å². The molecule has 0 amide bonds. The Kier molecular flexibility index (Phi) is 2.80. The number of para-hydroxylation sites is 1. The van der Waals surface area contributed by atoms with E-state index < -0.39 is 5.97 Å². The molecule has 0 aliphatic rings. The molecule has 1 aromatic heterocycles. The number of nitrogens with zero attached hydrogens (tertiary/aromatic N) is 1. The molecule has 0 bridgehead atoms. The molecular formula is C16H13NO2. The maximum absolute atomic E-state index is 11.0. The van der Waals surface area contributed by atoms with Crippen LogP contribution in [0.15, 0.2) is 60.8 Å². The minimum atomic E-state index is -0.890. The fraction of sp³-hybridized carbons (Fsp3) is 0.0625. The zero-order valence-electron chi connectivity index (χ0n) is 10.3. The molecule has 3 aromatic rings. The van der Waals surface area contributed by atoms with Crippen LogP contribution in [0.2, 0.25) is 0 Å². The van der Waals surface area contributed by atoms with Crippen molar-refractivity contribution in [2.45, 2.75) is 6.54 Å². The molecule has 19 heavy (non-hydrogen) atoms. The number of carboxylic acid groups (broad SMARTS) is 1. The number of benzene rings is 2. The van der Waals surface area contributed by atoms with Crippen LogP contribution < -0.4 is 0 Å². The second kappa shape index (κ2) is 4.61. The first-order chi connectivity index (χ1) is 9.24. The van der Waals surface area contributed by atoms with Crippen molar-refractivity contribution in [3.05, 3.63) is 71.9 Å². The van der Waals surface area contributed by atoms with E-state index in [0.717, 1.165) is 11.1 Å². The van der Waals surface area contributed by atoms with Gasteiger partial charge in [-0.15, -0.1) is 0 Å². The molecule has 0 fully saturated rings. The number of rotatable bonds is 3. The molecule has 0 saturated heterocycles. The highest BCUT2D eigenvalue weighted by Gasteiger charge is 2.05. The summed E-state index contributed by atoms with van der Waals surface area (Å²) in [6, 6.07) is 17.3. The third-order valence-electron chi connectivity index (χ3n) is 3.21. The largest absolute Gasteiger partial charge is 0.478 e. The van der Waals surface area contributed by atoms with E-state index in [2.05, 4.69) is 22.8 Å². The number of hydrogen-bond acceptors (Lipinski definition) is 1. The van der Waals surface area contributed by atoms with Crippen molar-refractivity contribution in [3.63, 3.8) is 0 Å². The van der Waals surface area contributed by atoms with Crippen LogP contribution in [-0.4, -0.2) is 15.6 Å². The van der Waals surface area contributed by atoms with Crippen LogP contribution in [0.1, 0.15) is 15.9 Å². The van der Waals surface area contributed by atoms with Gasteiger partial charge in [-0.2, -0.15) is 0 Å². The van der Waals surface area contributed by atoms with E-state index in [4.69, 9.17) is 5.11 Å². The second-order valence-electron chi connectivity index (χ2n) is 4.51. The molecule has 0 aliphatic heterocycles. The van der Waals surface area contributed by atoms with Crippen molar-refractivity contribution < 1.29 is 9.90 Å². The molecule has 1 heterocycles. The first kappa shape index (κ1) is 11.5. The summed E-state index contributed by atoms with van der Waals surface area (Å²) in [6.45, 7) is 0.675. The molecule has 0 spiro atoms. The number of aromatic carboxylic acids is 1. The second-order valence-corrected chi connectivity index (χ2v) is 4.51. The smallest absolute Gasteiger partial charge is 0.335 e. The standard InChI is InChI=1S/C16H13NO2/c18-16(19)14-6-3-4-12(10-14)11-17-9-8-13-5-1-2-7-15(13)17/h1-10H,11H2,(H,18,19). The summed E-state index contributed by atoms with van der Waals surface area (Å²) in [5.74, 6) is -0.890. The zero-order chi connectivity index (χ0) is 13.2. The Bertz CT molecular complexity index is 743. The number of aromatic nitrogens is 1. The van der Waals surface area contributed by atoms with Crippen LogP contribution in [0.3, 0.4) is 0 Å². The molecule has 1 N–H and O–H groups in total. The van der Waals surface area contributed by atoms with Gasteiger partial charge >= 0.3 is 5.97 Å². The monoisotopic (exact) mass is 251 g/mol. The molecule has 94 valence electrons. The highest BCUT2D eigenvalue weighted by molar-refractivity contribution is 5.87. The molecule has 3 heteroatoms. The van der Waals surface area contributed by atoms with E-state index in [-0.39, 0.29) is 0 Å². The van der Waals surface area contributed by atoms with Crippen molar-refractivity contribution in [2.75, 3.05) is 0 Å². The number of carbonyl (C=O) groups is 1. The van der Waals surface area contributed by atoms with E-state index >= 15 is 0 Å². The van der Waals surface area contributed by atoms with Gasteiger partial charge < -0.3 is 9.67 Å². The van der Waals surface area contributed by atoms with Crippen LogP contribution >= 0.6 is 0 Å². The van der Waals surface area contributed by atoms with E-state index in [9.17, 15) is 4.79 Å². The molecule has 0 saturated carbocycles. The summed E-state index contributed by atoms with van der Waals surface area (Å²) in [5.41, 5.74) is 2.47. The van der Waals surface area contributed by atoms with Gasteiger partial charge in [-0.1, -0.05) is 30.3 Å². The van der Waals surface area contributed by atoms with Crippen LogP contribution in [-0.2, 0) is 6.54 Å². The molecule has 3 rings (SSSR count). The molecular weight excluding hydrogens is 238 g/mol. The highest BCUT2D eigenvalue weighted by Crippen LogP contribution is 2.17. The Hall–Kier alpha value is -2.55. The van der Waals surface area contributed by atoms with Gasteiger partial charge in [0.05, 0.1) is 5.56 Å². The summed E-state index contributed by atoms with van der Waals surface area (Å²) in [4.78, 5) is 11.0. The van der Waals surface area contributed by atoms with Gasteiger partial charge in [-0.05, 0) is 35.2 Å². The Morgan fingerprint density at radius 3 is 2.74 bits per heavy atom. The average Bonchev–Trinajstić information content (AvgIpc) is 2.83. The molecule has 0 atom stereocenters. The maximum atomic E-state index is 11.0. The SMILES string of the molecule is O=C(O)c1cccc(Cn2ccc3ccccc32)c1. The molecule has 2 aromatic carbocycles. The molecule has 3 nitrogen and oxygen atoms in total. The van der Waals surface area contributed by atoms with Crippen molar-refractivity contribution >= 4 is 16.9 Å². The lowest BCUT2D eigenvalue weighted by Crippen LogP contribution is -2.01. The third-order valence-corrected chi connectivity index (χ3v) is 3.21.